The van der Waals surface area contributed by atoms with E-state index in [0.29, 0.717) is 18.7 Å². The van der Waals surface area contributed by atoms with Gasteiger partial charge in [0.2, 0.25) is 0 Å². The van der Waals surface area contributed by atoms with E-state index in [4.69, 9.17) is 4.74 Å². The molecule has 2 atom stereocenters. The molecule has 0 unspecified atom stereocenters. The number of carbonyl (C=O) groups excluding carboxylic acids is 1. The number of nitrogens with one attached hydrogen (secondary N) is 2. The van der Waals surface area contributed by atoms with Crippen molar-refractivity contribution in [1.29, 1.82) is 0 Å². The van der Waals surface area contributed by atoms with Gasteiger partial charge in [-0.25, -0.2) is 4.98 Å². The highest BCUT2D eigenvalue weighted by molar-refractivity contribution is 5.94. The maximum Gasteiger partial charge on any atom is 0.272 e. The lowest BCUT2D eigenvalue weighted by Crippen LogP contribution is -2.27. The van der Waals surface area contributed by atoms with Crippen molar-refractivity contribution in [2.75, 3.05) is 0 Å². The summed E-state index contributed by atoms with van der Waals surface area (Å²) < 4.78 is 7.57. The fourth-order valence-corrected chi connectivity index (χ4v) is 2.67. The number of ether oxygens (including phenoxy) is 1. The first-order valence-corrected chi connectivity index (χ1v) is 7.02. The first kappa shape index (κ1) is 13.8. The highest BCUT2D eigenvalue weighted by Crippen LogP contribution is 2.29. The predicted octanol–water partition coefficient (Wildman–Crippen LogP) is 1.10. The van der Waals surface area contributed by atoms with E-state index in [9.17, 15) is 4.79 Å². The van der Waals surface area contributed by atoms with Crippen LogP contribution in [0.2, 0.25) is 0 Å². The van der Waals surface area contributed by atoms with Gasteiger partial charge in [-0.3, -0.25) is 9.89 Å². The van der Waals surface area contributed by atoms with Crippen LogP contribution in [0.3, 0.4) is 0 Å². The number of nitrogens with zero attached hydrogens (tertiary/aromatic N) is 3. The van der Waals surface area contributed by atoms with E-state index in [1.165, 1.54) is 0 Å². The molecule has 3 heterocycles. The molecular formula is C14H19N5O2. The summed E-state index contributed by atoms with van der Waals surface area (Å²) in [5.41, 5.74) is 3.14. The lowest BCUT2D eigenvalue weighted by Gasteiger charge is -2.25. The molecule has 2 N–H and O–H groups in total. The molecule has 0 fully saturated rings. The number of rotatable bonds is 3. The molecule has 1 aliphatic heterocycles. The molecule has 0 aliphatic carbocycles. The summed E-state index contributed by atoms with van der Waals surface area (Å²) in [4.78, 5) is 16.5. The predicted molar refractivity (Wildman–Crippen MR) is 75.6 cm³/mol. The molecule has 1 aliphatic rings. The molecule has 7 nitrogen and oxygen atoms in total. The Hall–Kier alpha value is -2.15. The van der Waals surface area contributed by atoms with Gasteiger partial charge in [-0.15, -0.1) is 0 Å². The van der Waals surface area contributed by atoms with E-state index >= 15 is 0 Å². The maximum atomic E-state index is 12.3. The molecule has 0 radical (unpaired) electrons. The van der Waals surface area contributed by atoms with Gasteiger partial charge in [-0.1, -0.05) is 0 Å². The van der Waals surface area contributed by atoms with Gasteiger partial charge >= 0.3 is 0 Å². The summed E-state index contributed by atoms with van der Waals surface area (Å²) in [7, 11) is 1.89. The van der Waals surface area contributed by atoms with Gasteiger partial charge in [0.05, 0.1) is 36.5 Å². The molecule has 0 saturated carbocycles. The summed E-state index contributed by atoms with van der Waals surface area (Å²) >= 11 is 0. The fraction of sp³-hybridized carbons (Fsp3) is 0.500. The van der Waals surface area contributed by atoms with Crippen molar-refractivity contribution >= 4 is 5.91 Å². The summed E-state index contributed by atoms with van der Waals surface area (Å²) in [5, 5.41) is 9.94. The van der Waals surface area contributed by atoms with Gasteiger partial charge in [0.15, 0.2) is 5.69 Å². The number of aromatic amines is 1. The minimum absolute atomic E-state index is 0.0615. The van der Waals surface area contributed by atoms with Crippen LogP contribution in [0.4, 0.5) is 0 Å². The van der Waals surface area contributed by atoms with Crippen LogP contribution in [-0.2, 0) is 24.8 Å². The second-order valence-corrected chi connectivity index (χ2v) is 5.47. The van der Waals surface area contributed by atoms with Gasteiger partial charge in [-0.2, -0.15) is 5.10 Å². The Morgan fingerprint density at radius 3 is 3.10 bits per heavy atom. The topological polar surface area (TPSA) is 84.8 Å². The highest BCUT2D eigenvalue weighted by Gasteiger charge is 2.29. The second kappa shape index (κ2) is 5.33. The number of aryl methyl sites for hydroxylation is 1. The van der Waals surface area contributed by atoms with Gasteiger partial charge in [0.1, 0.15) is 0 Å². The number of fused-ring (bicyclic) bond motifs is 1. The highest BCUT2D eigenvalue weighted by atomic mass is 16.5. The molecule has 0 spiro atoms. The van der Waals surface area contributed by atoms with Crippen molar-refractivity contribution in [3.05, 3.63) is 35.2 Å². The average Bonchev–Trinajstić information content (AvgIpc) is 3.02. The van der Waals surface area contributed by atoms with Crippen LogP contribution in [0.25, 0.3) is 0 Å². The average molecular weight is 289 g/mol. The van der Waals surface area contributed by atoms with E-state index in [-0.39, 0.29) is 18.1 Å². The molecule has 2 aromatic rings. The van der Waals surface area contributed by atoms with Crippen LogP contribution < -0.4 is 5.32 Å². The number of hydrogen-bond acceptors (Lipinski definition) is 4. The number of aromatic nitrogens is 4. The van der Waals surface area contributed by atoms with Gasteiger partial charge in [0.25, 0.3) is 5.91 Å². The van der Waals surface area contributed by atoms with Crippen LogP contribution in [0.1, 0.15) is 47.4 Å². The zero-order chi connectivity index (χ0) is 15.0. The Bertz CT molecular complexity index is 660. The lowest BCUT2D eigenvalue weighted by molar-refractivity contribution is -0.00697. The second-order valence-electron chi connectivity index (χ2n) is 5.47. The number of hydrogen-bond donors (Lipinski definition) is 2. The number of H-pyrrole nitrogens is 1. The van der Waals surface area contributed by atoms with Crippen molar-refractivity contribution in [2.45, 2.75) is 39.0 Å². The first-order chi connectivity index (χ1) is 10.0. The Kier molecular flexibility index (Phi) is 3.50. The summed E-state index contributed by atoms with van der Waals surface area (Å²) in [6, 6.07) is 0. The molecule has 3 rings (SSSR count). The quantitative estimate of drug-likeness (QED) is 0.886. The summed E-state index contributed by atoms with van der Waals surface area (Å²) in [6.07, 6.45) is 4.31. The Labute approximate surface area is 122 Å². The van der Waals surface area contributed by atoms with Crippen LogP contribution in [0, 0.1) is 0 Å². The molecule has 112 valence electrons. The maximum absolute atomic E-state index is 12.3. The molecular weight excluding hydrogens is 270 g/mol. The van der Waals surface area contributed by atoms with E-state index in [2.05, 4.69) is 20.5 Å². The number of amides is 1. The normalized spacial score (nSPS) is 21.1. The Morgan fingerprint density at radius 2 is 2.38 bits per heavy atom. The zero-order valence-corrected chi connectivity index (χ0v) is 12.4. The number of carbonyl (C=O) groups is 1. The third kappa shape index (κ3) is 2.69. The molecule has 7 heteroatoms. The molecule has 0 aromatic carbocycles. The van der Waals surface area contributed by atoms with Crippen molar-refractivity contribution in [2.24, 2.45) is 7.05 Å². The minimum Gasteiger partial charge on any atom is -0.369 e. The van der Waals surface area contributed by atoms with Crippen LogP contribution >= 0.6 is 0 Å². The van der Waals surface area contributed by atoms with Crippen molar-refractivity contribution in [3.63, 3.8) is 0 Å². The van der Waals surface area contributed by atoms with Gasteiger partial charge in [0, 0.05) is 25.2 Å². The molecule has 1 amide bonds. The van der Waals surface area contributed by atoms with Crippen molar-refractivity contribution < 1.29 is 9.53 Å². The molecule has 0 saturated heterocycles. The van der Waals surface area contributed by atoms with Gasteiger partial charge < -0.3 is 14.6 Å². The lowest BCUT2D eigenvalue weighted by atomic mass is 9.99. The van der Waals surface area contributed by atoms with E-state index in [1.54, 1.807) is 6.33 Å². The number of imidazole rings is 1. The van der Waals surface area contributed by atoms with Crippen molar-refractivity contribution in [1.82, 2.24) is 25.1 Å². The van der Waals surface area contributed by atoms with Crippen LogP contribution in [0.5, 0.6) is 0 Å². The Balaban J connectivity index is 1.73. The van der Waals surface area contributed by atoms with E-state index in [0.717, 1.165) is 17.0 Å². The standard InChI is InChI=1S/C14H19N5O2/c1-8-4-11-12(9(2)21-8)17-18-13(11)14(20)15-5-10-6-19(3)7-16-10/h6-9H,4-5H2,1-3H3,(H,15,20)(H,17,18)/t8-,9+/m1/s1. The minimum atomic E-state index is -0.181. The molecule has 0 bridgehead atoms. The van der Waals surface area contributed by atoms with Crippen LogP contribution in [0.15, 0.2) is 12.5 Å². The first-order valence-electron chi connectivity index (χ1n) is 7.02. The largest absolute Gasteiger partial charge is 0.369 e. The third-order valence-electron chi connectivity index (χ3n) is 3.64. The van der Waals surface area contributed by atoms with E-state index < -0.39 is 0 Å². The zero-order valence-electron chi connectivity index (χ0n) is 12.4. The molecule has 2 aromatic heterocycles. The molecule has 21 heavy (non-hydrogen) atoms. The van der Waals surface area contributed by atoms with Crippen LogP contribution in [-0.4, -0.2) is 31.8 Å². The monoisotopic (exact) mass is 289 g/mol. The van der Waals surface area contributed by atoms with Crippen molar-refractivity contribution in [3.8, 4) is 0 Å². The van der Waals surface area contributed by atoms with Gasteiger partial charge in [-0.05, 0) is 13.8 Å². The third-order valence-corrected chi connectivity index (χ3v) is 3.64. The SMILES string of the molecule is C[C@@H]1Cc2c(C(=O)NCc3cn(C)cn3)n[nH]c2[C@H](C)O1. The smallest absolute Gasteiger partial charge is 0.272 e. The summed E-state index contributed by atoms with van der Waals surface area (Å²) in [5.74, 6) is -0.181. The summed E-state index contributed by atoms with van der Waals surface area (Å²) in [6.45, 7) is 4.35. The fourth-order valence-electron chi connectivity index (χ4n) is 2.67. The Morgan fingerprint density at radius 1 is 1.57 bits per heavy atom. The van der Waals surface area contributed by atoms with E-state index in [1.807, 2.05) is 31.7 Å².